The van der Waals surface area contributed by atoms with E-state index in [1.807, 2.05) is 26.1 Å². The summed E-state index contributed by atoms with van der Waals surface area (Å²) in [5, 5.41) is 8.71. The number of nitrogens with two attached hydrogens (primary N) is 1. The number of nitrogen functional groups attached to an aromatic ring is 1. The van der Waals surface area contributed by atoms with Crippen molar-refractivity contribution < 1.29 is 0 Å². The normalized spacial score (nSPS) is 12.4. The molecule has 16 heavy (non-hydrogen) atoms. The van der Waals surface area contributed by atoms with Crippen LogP contribution in [0.4, 0.5) is 5.69 Å². The van der Waals surface area contributed by atoms with Crippen LogP contribution in [0.25, 0.3) is 0 Å². The summed E-state index contributed by atoms with van der Waals surface area (Å²) in [5.41, 5.74) is 7.70. The molecule has 1 atom stereocenters. The Morgan fingerprint density at radius 2 is 2.00 bits per heavy atom. The highest BCUT2D eigenvalue weighted by Gasteiger charge is 2.04. The first-order valence-electron chi connectivity index (χ1n) is 5.54. The SMILES string of the molecule is CC(C#N)CN(C)CCc1ccc(N)cc1. The molecule has 0 fully saturated rings. The number of benzene rings is 1. The molecule has 1 aromatic carbocycles. The summed E-state index contributed by atoms with van der Waals surface area (Å²) in [6, 6.07) is 10.2. The summed E-state index contributed by atoms with van der Waals surface area (Å²) in [4.78, 5) is 2.18. The molecule has 0 heterocycles. The zero-order valence-electron chi connectivity index (χ0n) is 9.98. The van der Waals surface area contributed by atoms with E-state index in [0.717, 1.165) is 25.2 Å². The van der Waals surface area contributed by atoms with Gasteiger partial charge in [0, 0.05) is 18.8 Å². The lowest BCUT2D eigenvalue weighted by Crippen LogP contribution is -2.26. The molecule has 1 aromatic rings. The van der Waals surface area contributed by atoms with E-state index in [2.05, 4.69) is 23.1 Å². The van der Waals surface area contributed by atoms with Crippen molar-refractivity contribution >= 4 is 5.69 Å². The van der Waals surface area contributed by atoms with Gasteiger partial charge in [-0.25, -0.2) is 0 Å². The Morgan fingerprint density at radius 1 is 1.38 bits per heavy atom. The molecule has 3 heteroatoms. The van der Waals surface area contributed by atoms with Crippen molar-refractivity contribution in [2.24, 2.45) is 5.92 Å². The van der Waals surface area contributed by atoms with E-state index in [0.29, 0.717) is 0 Å². The Labute approximate surface area is 97.5 Å². The fourth-order valence-corrected chi connectivity index (χ4v) is 1.60. The van der Waals surface area contributed by atoms with Gasteiger partial charge >= 0.3 is 0 Å². The second-order valence-corrected chi connectivity index (χ2v) is 4.28. The molecule has 0 aromatic heterocycles. The van der Waals surface area contributed by atoms with Gasteiger partial charge in [-0.05, 0) is 38.1 Å². The first-order valence-corrected chi connectivity index (χ1v) is 5.54. The predicted octanol–water partition coefficient (Wildman–Crippen LogP) is 1.90. The molecule has 0 saturated heterocycles. The highest BCUT2D eigenvalue weighted by atomic mass is 15.1. The van der Waals surface area contributed by atoms with Crippen LogP contribution in [0.3, 0.4) is 0 Å². The lowest BCUT2D eigenvalue weighted by Gasteiger charge is -2.17. The Balaban J connectivity index is 2.34. The molecule has 2 N–H and O–H groups in total. The summed E-state index contributed by atoms with van der Waals surface area (Å²) in [6.07, 6.45) is 0.995. The molecule has 0 aliphatic carbocycles. The van der Waals surface area contributed by atoms with Gasteiger partial charge in [-0.1, -0.05) is 12.1 Å². The van der Waals surface area contributed by atoms with Gasteiger partial charge in [0.05, 0.1) is 12.0 Å². The van der Waals surface area contributed by atoms with Crippen LogP contribution >= 0.6 is 0 Å². The van der Waals surface area contributed by atoms with Crippen molar-refractivity contribution in [3.8, 4) is 6.07 Å². The quantitative estimate of drug-likeness (QED) is 0.766. The number of likely N-dealkylation sites (N-methyl/N-ethyl adjacent to an activating group) is 1. The predicted molar refractivity (Wildman–Crippen MR) is 66.8 cm³/mol. The maximum absolute atomic E-state index is 8.71. The summed E-state index contributed by atoms with van der Waals surface area (Å²) >= 11 is 0. The molecule has 3 nitrogen and oxygen atoms in total. The smallest absolute Gasteiger partial charge is 0.0666 e. The first kappa shape index (κ1) is 12.5. The number of nitrogens with zero attached hydrogens (tertiary/aromatic N) is 2. The molecule has 0 amide bonds. The van der Waals surface area contributed by atoms with Gasteiger partial charge in [0.1, 0.15) is 0 Å². The highest BCUT2D eigenvalue weighted by molar-refractivity contribution is 5.39. The van der Waals surface area contributed by atoms with Crippen LogP contribution in [0.5, 0.6) is 0 Å². The molecular weight excluding hydrogens is 198 g/mol. The lowest BCUT2D eigenvalue weighted by molar-refractivity contribution is 0.314. The van der Waals surface area contributed by atoms with Crippen molar-refractivity contribution in [3.63, 3.8) is 0 Å². The van der Waals surface area contributed by atoms with Crippen molar-refractivity contribution in [2.45, 2.75) is 13.3 Å². The van der Waals surface area contributed by atoms with Crippen molar-refractivity contribution in [1.29, 1.82) is 5.26 Å². The number of hydrogen-bond donors (Lipinski definition) is 1. The van der Waals surface area contributed by atoms with Crippen molar-refractivity contribution in [1.82, 2.24) is 4.90 Å². The van der Waals surface area contributed by atoms with Gasteiger partial charge in [0.25, 0.3) is 0 Å². The third kappa shape index (κ3) is 4.33. The van der Waals surface area contributed by atoms with Crippen molar-refractivity contribution in [3.05, 3.63) is 29.8 Å². The van der Waals surface area contributed by atoms with E-state index in [4.69, 9.17) is 11.0 Å². The molecule has 0 saturated carbocycles. The number of hydrogen-bond acceptors (Lipinski definition) is 3. The summed E-state index contributed by atoms with van der Waals surface area (Å²) < 4.78 is 0. The summed E-state index contributed by atoms with van der Waals surface area (Å²) in [5.74, 6) is 0.0939. The Kier molecular flexibility index (Phi) is 4.81. The molecule has 0 radical (unpaired) electrons. The standard InChI is InChI=1S/C13H19N3/c1-11(9-14)10-16(2)8-7-12-3-5-13(15)6-4-12/h3-6,11H,7-8,10,15H2,1-2H3. The molecule has 86 valence electrons. The van der Waals surface area contributed by atoms with Crippen LogP contribution in [0.15, 0.2) is 24.3 Å². The van der Waals surface area contributed by atoms with Gasteiger partial charge in [-0.3, -0.25) is 0 Å². The minimum atomic E-state index is 0.0939. The molecule has 0 bridgehead atoms. The van der Waals surface area contributed by atoms with E-state index in [-0.39, 0.29) is 5.92 Å². The monoisotopic (exact) mass is 217 g/mol. The van der Waals surface area contributed by atoms with Crippen LogP contribution in [-0.4, -0.2) is 25.0 Å². The van der Waals surface area contributed by atoms with Crippen LogP contribution in [0.1, 0.15) is 12.5 Å². The molecule has 0 aliphatic heterocycles. The molecule has 0 spiro atoms. The summed E-state index contributed by atoms with van der Waals surface area (Å²) in [6.45, 7) is 3.74. The van der Waals surface area contributed by atoms with E-state index >= 15 is 0 Å². The van der Waals surface area contributed by atoms with Crippen LogP contribution in [0.2, 0.25) is 0 Å². The summed E-state index contributed by atoms with van der Waals surface area (Å²) in [7, 11) is 2.05. The molecule has 1 unspecified atom stereocenters. The minimum Gasteiger partial charge on any atom is -0.399 e. The number of nitriles is 1. The minimum absolute atomic E-state index is 0.0939. The number of anilines is 1. The van der Waals surface area contributed by atoms with Gasteiger partial charge < -0.3 is 10.6 Å². The number of rotatable bonds is 5. The van der Waals surface area contributed by atoms with E-state index in [1.165, 1.54) is 5.56 Å². The van der Waals surface area contributed by atoms with Crippen LogP contribution < -0.4 is 5.73 Å². The van der Waals surface area contributed by atoms with Crippen LogP contribution in [-0.2, 0) is 6.42 Å². The fourth-order valence-electron chi connectivity index (χ4n) is 1.60. The third-order valence-electron chi connectivity index (χ3n) is 2.57. The Hall–Kier alpha value is -1.53. The van der Waals surface area contributed by atoms with E-state index < -0.39 is 0 Å². The average molecular weight is 217 g/mol. The van der Waals surface area contributed by atoms with Gasteiger partial charge in [-0.2, -0.15) is 5.26 Å². The maximum Gasteiger partial charge on any atom is 0.0666 e. The molecular formula is C13H19N3. The van der Waals surface area contributed by atoms with Gasteiger partial charge in [-0.15, -0.1) is 0 Å². The average Bonchev–Trinajstić information content (AvgIpc) is 2.28. The van der Waals surface area contributed by atoms with Gasteiger partial charge in [0.2, 0.25) is 0 Å². The second-order valence-electron chi connectivity index (χ2n) is 4.28. The van der Waals surface area contributed by atoms with E-state index in [9.17, 15) is 0 Å². The Bertz CT molecular complexity index is 350. The largest absolute Gasteiger partial charge is 0.399 e. The zero-order valence-corrected chi connectivity index (χ0v) is 9.98. The molecule has 1 rings (SSSR count). The maximum atomic E-state index is 8.71. The molecule has 0 aliphatic rings. The Morgan fingerprint density at radius 3 is 2.56 bits per heavy atom. The topological polar surface area (TPSA) is 53.0 Å². The van der Waals surface area contributed by atoms with E-state index in [1.54, 1.807) is 0 Å². The third-order valence-corrected chi connectivity index (χ3v) is 2.57. The zero-order chi connectivity index (χ0) is 12.0. The van der Waals surface area contributed by atoms with Crippen molar-refractivity contribution in [2.75, 3.05) is 25.9 Å². The van der Waals surface area contributed by atoms with Crippen LogP contribution in [0, 0.1) is 17.2 Å². The fraction of sp³-hybridized carbons (Fsp3) is 0.462. The first-order chi connectivity index (χ1) is 7.61. The van der Waals surface area contributed by atoms with Gasteiger partial charge in [0.15, 0.2) is 0 Å². The lowest BCUT2D eigenvalue weighted by atomic mass is 10.1. The second kappa shape index (κ2) is 6.14. The highest BCUT2D eigenvalue weighted by Crippen LogP contribution is 2.07.